The molecule has 1 unspecified atom stereocenters. The number of benzene rings is 2. The van der Waals surface area contributed by atoms with Crippen LogP contribution in [0.5, 0.6) is 0 Å². The predicted octanol–water partition coefficient (Wildman–Crippen LogP) is 3.58. The number of hydrogen-bond acceptors (Lipinski definition) is 6. The van der Waals surface area contributed by atoms with Gasteiger partial charge in [0, 0.05) is 30.5 Å². The Kier molecular flexibility index (Phi) is 7.14. The van der Waals surface area contributed by atoms with E-state index in [1.807, 2.05) is 23.6 Å². The number of amides is 2. The number of aromatic nitrogens is 1. The summed E-state index contributed by atoms with van der Waals surface area (Å²) in [5.41, 5.74) is 3.10. The standard InChI is InChI=1S/C25H25N3O4S/c1-2-32-25(31)18-8-10-21(11-9-18)28-15-19(13-23(28)29)24(30)26-14-20-16-33-22(27-20)12-17-6-4-3-5-7-17/h3-11,16,19H,2,12-15H2,1H3,(H,26,30). The van der Waals surface area contributed by atoms with Crippen LogP contribution in [0, 0.1) is 5.92 Å². The topological polar surface area (TPSA) is 88.6 Å². The van der Waals surface area contributed by atoms with Crippen LogP contribution in [-0.4, -0.2) is 35.9 Å². The van der Waals surface area contributed by atoms with Crippen molar-refractivity contribution in [1.82, 2.24) is 10.3 Å². The summed E-state index contributed by atoms with van der Waals surface area (Å²) in [7, 11) is 0. The minimum atomic E-state index is -0.426. The number of carbonyl (C=O) groups excluding carboxylic acids is 3. The van der Waals surface area contributed by atoms with Crippen LogP contribution in [0.4, 0.5) is 5.69 Å². The van der Waals surface area contributed by atoms with E-state index in [0.29, 0.717) is 30.9 Å². The molecule has 33 heavy (non-hydrogen) atoms. The Morgan fingerprint density at radius 3 is 2.64 bits per heavy atom. The molecule has 4 rings (SSSR count). The first kappa shape index (κ1) is 22.7. The van der Waals surface area contributed by atoms with Gasteiger partial charge in [-0.2, -0.15) is 0 Å². The first-order chi connectivity index (χ1) is 16.0. The number of esters is 1. The van der Waals surface area contributed by atoms with Gasteiger partial charge >= 0.3 is 5.97 Å². The zero-order valence-electron chi connectivity index (χ0n) is 18.3. The lowest BCUT2D eigenvalue weighted by Gasteiger charge is -2.17. The van der Waals surface area contributed by atoms with Crippen molar-refractivity contribution in [2.75, 3.05) is 18.1 Å². The maximum absolute atomic E-state index is 12.7. The molecule has 3 aromatic rings. The van der Waals surface area contributed by atoms with Gasteiger partial charge in [0.25, 0.3) is 0 Å². The number of rotatable bonds is 8. The maximum atomic E-state index is 12.7. The van der Waals surface area contributed by atoms with Crippen LogP contribution in [0.15, 0.2) is 60.0 Å². The van der Waals surface area contributed by atoms with Crippen LogP contribution >= 0.6 is 11.3 Å². The molecule has 2 aromatic carbocycles. The molecule has 1 atom stereocenters. The van der Waals surface area contributed by atoms with Crippen LogP contribution < -0.4 is 10.2 Å². The van der Waals surface area contributed by atoms with E-state index in [-0.39, 0.29) is 18.2 Å². The molecule has 8 heteroatoms. The molecule has 1 aliphatic heterocycles. The number of thiazole rings is 1. The summed E-state index contributed by atoms with van der Waals surface area (Å²) in [6, 6.07) is 16.8. The Balaban J connectivity index is 1.30. The molecule has 2 amide bonds. The van der Waals surface area contributed by atoms with Gasteiger partial charge in [-0.25, -0.2) is 9.78 Å². The first-order valence-corrected chi connectivity index (χ1v) is 11.7. The van der Waals surface area contributed by atoms with Crippen molar-refractivity contribution in [2.45, 2.75) is 26.3 Å². The van der Waals surface area contributed by atoms with Crippen LogP contribution in [0.3, 0.4) is 0 Å². The molecule has 1 aromatic heterocycles. The number of ether oxygens (including phenoxy) is 1. The largest absolute Gasteiger partial charge is 0.462 e. The van der Waals surface area contributed by atoms with Gasteiger partial charge in [0.15, 0.2) is 0 Å². The minimum Gasteiger partial charge on any atom is -0.462 e. The fraction of sp³-hybridized carbons (Fsp3) is 0.280. The summed E-state index contributed by atoms with van der Waals surface area (Å²) in [5.74, 6) is -1.10. The first-order valence-electron chi connectivity index (χ1n) is 10.9. The third kappa shape index (κ3) is 5.64. The summed E-state index contributed by atoms with van der Waals surface area (Å²) in [4.78, 5) is 43.2. The number of hydrogen-bond donors (Lipinski definition) is 1. The van der Waals surface area contributed by atoms with Crippen LogP contribution in [-0.2, 0) is 27.3 Å². The van der Waals surface area contributed by atoms with E-state index in [0.717, 1.165) is 17.1 Å². The Bertz CT molecular complexity index is 1130. The monoisotopic (exact) mass is 463 g/mol. The fourth-order valence-electron chi connectivity index (χ4n) is 3.73. The maximum Gasteiger partial charge on any atom is 0.338 e. The molecular formula is C25H25N3O4S. The molecule has 1 aliphatic rings. The van der Waals surface area contributed by atoms with E-state index >= 15 is 0 Å². The molecule has 1 fully saturated rings. The Hall–Kier alpha value is -3.52. The van der Waals surface area contributed by atoms with Gasteiger partial charge < -0.3 is 15.0 Å². The third-order valence-electron chi connectivity index (χ3n) is 5.43. The zero-order valence-corrected chi connectivity index (χ0v) is 19.1. The second-order valence-corrected chi connectivity index (χ2v) is 8.73. The second kappa shape index (κ2) is 10.4. The normalized spacial score (nSPS) is 15.5. The third-order valence-corrected chi connectivity index (χ3v) is 6.32. The molecular weight excluding hydrogens is 438 g/mol. The Labute approximate surface area is 196 Å². The number of nitrogens with zero attached hydrogens (tertiary/aromatic N) is 2. The molecule has 1 saturated heterocycles. The van der Waals surface area contributed by atoms with Crippen molar-refractivity contribution in [3.05, 3.63) is 81.8 Å². The van der Waals surface area contributed by atoms with Crippen molar-refractivity contribution in [3.63, 3.8) is 0 Å². The summed E-state index contributed by atoms with van der Waals surface area (Å²) in [5, 5.41) is 5.87. The van der Waals surface area contributed by atoms with Gasteiger partial charge in [-0.15, -0.1) is 11.3 Å². The SMILES string of the molecule is CCOC(=O)c1ccc(N2CC(C(=O)NCc3csc(Cc4ccccc4)n3)CC2=O)cc1. The summed E-state index contributed by atoms with van der Waals surface area (Å²) < 4.78 is 4.98. The van der Waals surface area contributed by atoms with Gasteiger partial charge in [-0.3, -0.25) is 9.59 Å². The van der Waals surface area contributed by atoms with E-state index in [2.05, 4.69) is 22.4 Å². The number of nitrogens with one attached hydrogen (secondary N) is 1. The van der Waals surface area contributed by atoms with Crippen molar-refractivity contribution in [2.24, 2.45) is 5.92 Å². The van der Waals surface area contributed by atoms with Crippen LogP contribution in [0.25, 0.3) is 0 Å². The lowest BCUT2D eigenvalue weighted by molar-refractivity contribution is -0.126. The van der Waals surface area contributed by atoms with Gasteiger partial charge in [-0.05, 0) is 36.8 Å². The molecule has 0 spiro atoms. The second-order valence-electron chi connectivity index (χ2n) is 7.79. The highest BCUT2D eigenvalue weighted by Crippen LogP contribution is 2.26. The molecule has 0 aliphatic carbocycles. The van der Waals surface area contributed by atoms with Crippen LogP contribution in [0.1, 0.15) is 40.0 Å². The highest BCUT2D eigenvalue weighted by Gasteiger charge is 2.35. The molecule has 170 valence electrons. The smallest absolute Gasteiger partial charge is 0.338 e. The van der Waals surface area contributed by atoms with Gasteiger partial charge in [0.2, 0.25) is 11.8 Å². The average molecular weight is 464 g/mol. The summed E-state index contributed by atoms with van der Waals surface area (Å²) in [6.45, 7) is 2.69. The molecule has 0 bridgehead atoms. The van der Waals surface area contributed by atoms with E-state index in [4.69, 9.17) is 4.74 Å². The summed E-state index contributed by atoms with van der Waals surface area (Å²) >= 11 is 1.57. The zero-order chi connectivity index (χ0) is 23.2. The fourth-order valence-corrected chi connectivity index (χ4v) is 4.56. The van der Waals surface area contributed by atoms with Crippen molar-refractivity contribution < 1.29 is 19.1 Å². The molecule has 0 saturated carbocycles. The van der Waals surface area contributed by atoms with Gasteiger partial charge in [-0.1, -0.05) is 30.3 Å². The lowest BCUT2D eigenvalue weighted by atomic mass is 10.1. The molecule has 7 nitrogen and oxygen atoms in total. The lowest BCUT2D eigenvalue weighted by Crippen LogP contribution is -2.32. The van der Waals surface area contributed by atoms with E-state index in [9.17, 15) is 14.4 Å². The average Bonchev–Trinajstić information content (AvgIpc) is 3.45. The van der Waals surface area contributed by atoms with Crippen molar-refractivity contribution in [3.8, 4) is 0 Å². The number of anilines is 1. The highest BCUT2D eigenvalue weighted by atomic mass is 32.1. The van der Waals surface area contributed by atoms with Gasteiger partial charge in [0.1, 0.15) is 0 Å². The van der Waals surface area contributed by atoms with E-state index < -0.39 is 11.9 Å². The molecule has 1 N–H and O–H groups in total. The molecule has 0 radical (unpaired) electrons. The molecule has 2 heterocycles. The minimum absolute atomic E-state index is 0.113. The quantitative estimate of drug-likeness (QED) is 0.516. The Morgan fingerprint density at radius 1 is 1.15 bits per heavy atom. The van der Waals surface area contributed by atoms with Crippen molar-refractivity contribution >= 4 is 34.8 Å². The highest BCUT2D eigenvalue weighted by molar-refractivity contribution is 7.09. The van der Waals surface area contributed by atoms with Crippen molar-refractivity contribution in [1.29, 1.82) is 0 Å². The Morgan fingerprint density at radius 2 is 1.91 bits per heavy atom. The van der Waals surface area contributed by atoms with E-state index in [1.165, 1.54) is 5.56 Å². The predicted molar refractivity (Wildman–Crippen MR) is 126 cm³/mol. The van der Waals surface area contributed by atoms with Gasteiger partial charge in [0.05, 0.1) is 35.3 Å². The van der Waals surface area contributed by atoms with E-state index in [1.54, 1.807) is 47.4 Å². The van der Waals surface area contributed by atoms with Crippen LogP contribution in [0.2, 0.25) is 0 Å². The number of carbonyl (C=O) groups is 3. The summed E-state index contributed by atoms with van der Waals surface area (Å²) in [6.07, 6.45) is 0.919.